The van der Waals surface area contributed by atoms with E-state index in [9.17, 15) is 26.8 Å². The molecule has 0 heterocycles. The molecule has 2 bridgehead atoms. The quantitative estimate of drug-likeness (QED) is 0.0966. The molecule has 0 saturated heterocycles. The van der Waals surface area contributed by atoms with Gasteiger partial charge in [-0.1, -0.05) is 12.2 Å². The fourth-order valence-electron chi connectivity index (χ4n) is 6.02. The zero-order valence-electron chi connectivity index (χ0n) is 23.2. The van der Waals surface area contributed by atoms with Crippen LogP contribution in [0.15, 0.2) is 12.2 Å². The predicted molar refractivity (Wildman–Crippen MR) is 155 cm³/mol. The maximum atomic E-state index is 11.4. The highest BCUT2D eigenvalue weighted by Crippen LogP contribution is 2.63. The molecule has 0 spiro atoms. The molecule has 3 aliphatic carbocycles. The molecule has 2 saturated carbocycles. The van der Waals surface area contributed by atoms with Gasteiger partial charge in [-0.05, 0) is 74.7 Å². The fourth-order valence-corrected chi connectivity index (χ4v) is 99.9. The SMILES string of the molecule is CO[SiH](C)C.CO[Si](C)(C)C1CC2CC1C1CC=CC21.O=[Si](O)[Si]([Si](=O)O)([Si](=O)O)[Si]([Si](=O)O)([Si](=O)O)[Si](=O)O. The van der Waals surface area contributed by atoms with Crippen molar-refractivity contribution >= 4 is 80.3 Å². The van der Waals surface area contributed by atoms with E-state index in [1.807, 2.05) is 7.11 Å². The van der Waals surface area contributed by atoms with Gasteiger partial charge in [-0.25, -0.2) is 0 Å². The van der Waals surface area contributed by atoms with Gasteiger partial charge < -0.3 is 64.4 Å². The predicted octanol–water partition coefficient (Wildman–Crippen LogP) is -3.04. The highest BCUT2D eigenvalue weighted by Gasteiger charge is 2.91. The lowest BCUT2D eigenvalue weighted by molar-refractivity contribution is 0.259. The largest absolute Gasteiger partial charge is 0.542 e. The minimum atomic E-state index is -5.60. The zero-order valence-corrected chi connectivity index (χ0v) is 33.3. The van der Waals surface area contributed by atoms with E-state index in [1.54, 1.807) is 7.11 Å². The standard InChI is InChI=1S/C13H22OSi.C3H10OSi.H6O12Si8/c1-14-15(2,3)13-8-9-7-12(13)11-6-4-5-10(9)11;1-4-5(2)3;1-13(2)19(14(3)4,15(5)6)20(16(7)8,17(9)10)18(11)12/h4-5,9-13H,6-8H2,1-3H3;5H,1-3H3;1,3,5,7,9,11H. The first-order chi connectivity index (χ1) is 18.3. The summed E-state index contributed by atoms with van der Waals surface area (Å²) in [6.07, 6.45) is -1.95. The van der Waals surface area contributed by atoms with Gasteiger partial charge in [-0.3, -0.25) is 0 Å². The van der Waals surface area contributed by atoms with Gasteiger partial charge in [0.25, 0.3) is 0 Å². The van der Waals surface area contributed by atoms with Crippen LogP contribution in [-0.2, 0) is 35.6 Å². The van der Waals surface area contributed by atoms with Gasteiger partial charge >= 0.3 is 63.0 Å². The van der Waals surface area contributed by atoms with E-state index in [2.05, 4.69) is 38.3 Å². The number of hydrogen-bond acceptors (Lipinski definition) is 8. The maximum Gasteiger partial charge on any atom is 0.483 e. The van der Waals surface area contributed by atoms with Gasteiger partial charge in [-0.15, -0.1) is 0 Å². The molecule has 0 aromatic carbocycles. The Hall–Kier alpha value is -0.571. The Bertz CT molecular complexity index is 947. The van der Waals surface area contributed by atoms with Crippen LogP contribution in [0.2, 0.25) is 31.7 Å². The lowest BCUT2D eigenvalue weighted by atomic mass is 9.81. The van der Waals surface area contributed by atoms with Gasteiger partial charge in [0.1, 0.15) is 0 Å². The van der Waals surface area contributed by atoms with Crippen molar-refractivity contribution in [2.45, 2.75) is 51.0 Å². The van der Waals surface area contributed by atoms with Crippen LogP contribution in [-0.4, -0.2) is 123 Å². The van der Waals surface area contributed by atoms with Crippen LogP contribution in [0, 0.1) is 23.7 Å². The highest BCUT2D eigenvalue weighted by molar-refractivity contribution is 8.14. The second-order valence-corrected chi connectivity index (χ2v) is 68.1. The minimum Gasteiger partial charge on any atom is -0.542 e. The molecule has 226 valence electrons. The van der Waals surface area contributed by atoms with Gasteiger partial charge in [0.2, 0.25) is 0 Å². The van der Waals surface area contributed by atoms with Crippen molar-refractivity contribution < 1.29 is 64.4 Å². The molecule has 5 unspecified atom stereocenters. The summed E-state index contributed by atoms with van der Waals surface area (Å²) in [4.78, 5) is 54.9. The third kappa shape index (κ3) is 6.81. The lowest BCUT2D eigenvalue weighted by Crippen LogP contribution is -2.91. The molecule has 2 fully saturated rings. The summed E-state index contributed by atoms with van der Waals surface area (Å²) >= 11 is 0. The number of allylic oxidation sites excluding steroid dienone is 2. The average Bonchev–Trinajstić information content (AvgIpc) is 3.55. The summed E-state index contributed by atoms with van der Waals surface area (Å²) in [6.45, 7) is 9.10. The summed E-state index contributed by atoms with van der Waals surface area (Å²) in [5.41, 5.74) is 0.939. The van der Waals surface area contributed by atoms with E-state index in [-0.39, 0.29) is 0 Å². The van der Waals surface area contributed by atoms with E-state index in [0.29, 0.717) is 0 Å². The molecule has 3 rings (SSSR count). The average molecular weight is 735 g/mol. The van der Waals surface area contributed by atoms with Crippen molar-refractivity contribution in [1.82, 2.24) is 0 Å². The Balaban J connectivity index is 0.000000349. The summed E-state index contributed by atoms with van der Waals surface area (Å²) in [7, 11) is -25.4. The fraction of sp³-hybridized carbons (Fsp3) is 0.875. The van der Waals surface area contributed by atoms with Crippen molar-refractivity contribution in [3.05, 3.63) is 12.2 Å². The van der Waals surface area contributed by atoms with Gasteiger partial charge in [0.05, 0.1) is 0 Å². The van der Waals surface area contributed by atoms with Crippen LogP contribution >= 0.6 is 0 Å². The van der Waals surface area contributed by atoms with Crippen LogP contribution < -0.4 is 0 Å². The van der Waals surface area contributed by atoms with Gasteiger partial charge in [0, 0.05) is 14.2 Å². The number of rotatable bonds is 10. The van der Waals surface area contributed by atoms with Crippen LogP contribution in [0.3, 0.4) is 0 Å². The maximum absolute atomic E-state index is 11.4. The Kier molecular flexibility index (Phi) is 13.8. The van der Waals surface area contributed by atoms with Crippen molar-refractivity contribution in [3.63, 3.8) is 0 Å². The van der Waals surface area contributed by atoms with Crippen molar-refractivity contribution in [3.8, 4) is 0 Å². The topological polar surface area (TPSA) is 242 Å². The molecule has 0 radical (unpaired) electrons. The van der Waals surface area contributed by atoms with Crippen molar-refractivity contribution in [2.75, 3.05) is 14.2 Å². The Morgan fingerprint density at radius 3 is 1.40 bits per heavy atom. The molecule has 0 aliphatic heterocycles. The lowest BCUT2D eigenvalue weighted by Gasteiger charge is -2.38. The molecule has 5 atom stereocenters. The number of hydrogen-bond donors (Lipinski definition) is 6. The molecule has 40 heavy (non-hydrogen) atoms. The molecule has 24 heteroatoms. The first-order valence-electron chi connectivity index (χ1n) is 12.5. The monoisotopic (exact) mass is 734 g/mol. The van der Waals surface area contributed by atoms with Crippen molar-refractivity contribution in [1.29, 1.82) is 0 Å². The minimum absolute atomic E-state index is 0.650. The van der Waals surface area contributed by atoms with Gasteiger partial charge in [0.15, 0.2) is 17.4 Å². The highest BCUT2D eigenvalue weighted by atomic mass is 30.4. The smallest absolute Gasteiger partial charge is 0.483 e. The van der Waals surface area contributed by atoms with Crippen LogP contribution in [0.25, 0.3) is 0 Å². The van der Waals surface area contributed by atoms with E-state index in [0.717, 1.165) is 29.2 Å². The summed E-state index contributed by atoms with van der Waals surface area (Å²) in [6, 6.07) is 0. The molecule has 3 aliphatic rings. The normalized spacial score (nSPS) is 24.7. The Morgan fingerprint density at radius 1 is 0.725 bits per heavy atom. The summed E-state index contributed by atoms with van der Waals surface area (Å²) in [5.74, 6) is 3.95. The van der Waals surface area contributed by atoms with Crippen LogP contribution in [0.1, 0.15) is 19.3 Å². The van der Waals surface area contributed by atoms with Crippen LogP contribution in [0.5, 0.6) is 0 Å². The van der Waals surface area contributed by atoms with Crippen LogP contribution in [0.4, 0.5) is 0 Å². The molecule has 0 amide bonds. The van der Waals surface area contributed by atoms with Crippen molar-refractivity contribution in [2.24, 2.45) is 23.7 Å². The third-order valence-electron chi connectivity index (χ3n) is 8.38. The van der Waals surface area contributed by atoms with Gasteiger partial charge in [-0.2, -0.15) is 0 Å². The Morgan fingerprint density at radius 2 is 1.10 bits per heavy atom. The second-order valence-electron chi connectivity index (χ2n) is 10.8. The first-order valence-corrected chi connectivity index (χ1v) is 37.4. The van der Waals surface area contributed by atoms with E-state index >= 15 is 0 Å². The molecular formula is C16H38O14Si10. The van der Waals surface area contributed by atoms with E-state index in [1.165, 1.54) is 19.3 Å². The third-order valence-corrected chi connectivity index (χ3v) is 108. The first kappa shape index (κ1) is 37.5. The molecule has 0 aromatic rings. The number of fused-ring (bicyclic) bond motifs is 5. The summed E-state index contributed by atoms with van der Waals surface area (Å²) in [5, 5.41) is 0. The van der Waals surface area contributed by atoms with E-state index in [4.69, 9.17) is 37.6 Å². The Labute approximate surface area is 244 Å². The summed E-state index contributed by atoms with van der Waals surface area (Å²) < 4.78 is 79.0. The van der Waals surface area contributed by atoms with E-state index < -0.39 is 80.3 Å². The molecular weight excluding hydrogens is 697 g/mol. The molecule has 6 N–H and O–H groups in total. The molecule has 0 aromatic heterocycles. The zero-order chi connectivity index (χ0) is 31.4. The molecule has 14 nitrogen and oxygen atoms in total. The second kappa shape index (κ2) is 14.7.